The molecule has 2 aromatic heterocycles. The molecule has 6 heteroatoms. The van der Waals surface area contributed by atoms with Crippen molar-refractivity contribution in [3.8, 4) is 16.3 Å². The minimum Gasteiger partial charge on any atom is -0.308 e. The first-order valence-corrected chi connectivity index (χ1v) is 8.74. The molecule has 3 aromatic rings. The fraction of sp³-hybridized carbons (Fsp3) is 0.0667. The zero-order chi connectivity index (χ0) is 15.0. The minimum atomic E-state index is -3.65. The molecule has 21 heavy (non-hydrogen) atoms. The van der Waals surface area contributed by atoms with E-state index < -0.39 is 10.0 Å². The molecule has 0 radical (unpaired) electrons. The lowest BCUT2D eigenvalue weighted by atomic mass is 10.1. The average Bonchev–Trinajstić information content (AvgIpc) is 3.06. The Hall–Kier alpha value is -1.89. The number of hydrogen-bond acceptors (Lipinski definition) is 3. The predicted octanol–water partition coefficient (Wildman–Crippen LogP) is 3.16. The van der Waals surface area contributed by atoms with Gasteiger partial charge in [0, 0.05) is 6.20 Å². The van der Waals surface area contributed by atoms with Gasteiger partial charge in [-0.3, -0.25) is 0 Å². The van der Waals surface area contributed by atoms with Crippen molar-refractivity contribution >= 4 is 21.4 Å². The van der Waals surface area contributed by atoms with Gasteiger partial charge in [-0.05, 0) is 53.8 Å². The molecule has 3 rings (SSSR count). The van der Waals surface area contributed by atoms with E-state index in [1.165, 1.54) is 17.7 Å². The number of hydrogen-bond donors (Lipinski definition) is 1. The highest BCUT2D eigenvalue weighted by Gasteiger charge is 2.10. The molecule has 0 aliphatic rings. The Balaban J connectivity index is 2.04. The van der Waals surface area contributed by atoms with E-state index in [9.17, 15) is 8.42 Å². The van der Waals surface area contributed by atoms with Crippen LogP contribution in [0.4, 0.5) is 0 Å². The summed E-state index contributed by atoms with van der Waals surface area (Å²) in [5, 5.41) is 8.35. The summed E-state index contributed by atoms with van der Waals surface area (Å²) in [6, 6.07) is 12.7. The first-order chi connectivity index (χ1) is 9.95. The molecule has 1 aromatic carbocycles. The lowest BCUT2D eigenvalue weighted by Gasteiger charge is -2.07. The van der Waals surface area contributed by atoms with Crippen LogP contribution in [0.15, 0.2) is 58.9 Å². The van der Waals surface area contributed by atoms with E-state index in [4.69, 9.17) is 5.14 Å². The zero-order valence-electron chi connectivity index (χ0n) is 11.4. The van der Waals surface area contributed by atoms with E-state index in [0.717, 1.165) is 16.3 Å². The zero-order valence-corrected chi connectivity index (χ0v) is 13.0. The SMILES string of the molecule is Cc1csc(-n2cccc2-c2ccc(S(N)(=O)=O)cc2)c1. The fourth-order valence-corrected chi connectivity index (χ4v) is 3.58. The van der Waals surface area contributed by atoms with Crippen molar-refractivity contribution in [3.63, 3.8) is 0 Å². The van der Waals surface area contributed by atoms with Crippen molar-refractivity contribution in [3.05, 3.63) is 59.6 Å². The second-order valence-corrected chi connectivity index (χ2v) is 7.25. The molecule has 0 fully saturated rings. The molecule has 0 unspecified atom stereocenters. The highest BCUT2D eigenvalue weighted by atomic mass is 32.2. The first-order valence-electron chi connectivity index (χ1n) is 6.31. The van der Waals surface area contributed by atoms with Crippen LogP contribution in [-0.2, 0) is 10.0 Å². The van der Waals surface area contributed by atoms with Crippen LogP contribution in [0, 0.1) is 6.92 Å². The van der Waals surface area contributed by atoms with Gasteiger partial charge in [-0.15, -0.1) is 11.3 Å². The molecule has 0 spiro atoms. The number of primary sulfonamides is 1. The molecule has 108 valence electrons. The summed E-state index contributed by atoms with van der Waals surface area (Å²) in [6.07, 6.45) is 1.99. The van der Waals surface area contributed by atoms with Gasteiger partial charge in [0.1, 0.15) is 0 Å². The van der Waals surface area contributed by atoms with Gasteiger partial charge in [0.05, 0.1) is 15.6 Å². The van der Waals surface area contributed by atoms with E-state index in [-0.39, 0.29) is 4.90 Å². The number of nitrogens with zero attached hydrogens (tertiary/aromatic N) is 1. The lowest BCUT2D eigenvalue weighted by Crippen LogP contribution is -2.11. The molecule has 2 N–H and O–H groups in total. The summed E-state index contributed by atoms with van der Waals surface area (Å²) in [5.41, 5.74) is 3.18. The van der Waals surface area contributed by atoms with Gasteiger partial charge in [-0.1, -0.05) is 12.1 Å². The van der Waals surface area contributed by atoms with Gasteiger partial charge in [0.25, 0.3) is 0 Å². The number of aromatic nitrogens is 1. The third-order valence-corrected chi connectivity index (χ3v) is 5.16. The van der Waals surface area contributed by atoms with E-state index in [1.807, 2.05) is 18.3 Å². The largest absolute Gasteiger partial charge is 0.308 e. The highest BCUT2D eigenvalue weighted by Crippen LogP contribution is 2.28. The molecule has 0 saturated carbocycles. The molecule has 2 heterocycles. The van der Waals surface area contributed by atoms with Crippen LogP contribution in [0.1, 0.15) is 5.56 Å². The normalized spacial score (nSPS) is 11.7. The number of rotatable bonds is 3. The summed E-state index contributed by atoms with van der Waals surface area (Å²) in [7, 11) is -3.65. The Labute approximate surface area is 127 Å². The van der Waals surface area contributed by atoms with Gasteiger partial charge < -0.3 is 4.57 Å². The maximum absolute atomic E-state index is 11.3. The second kappa shape index (κ2) is 5.14. The van der Waals surface area contributed by atoms with Gasteiger partial charge in [0.15, 0.2) is 0 Å². The Morgan fingerprint density at radius 2 is 1.86 bits per heavy atom. The summed E-state index contributed by atoms with van der Waals surface area (Å²) >= 11 is 1.67. The third-order valence-electron chi connectivity index (χ3n) is 3.18. The van der Waals surface area contributed by atoms with Crippen LogP contribution in [0.3, 0.4) is 0 Å². The number of aryl methyl sites for hydroxylation is 1. The summed E-state index contributed by atoms with van der Waals surface area (Å²) in [5.74, 6) is 0. The molecule has 0 atom stereocenters. The van der Waals surface area contributed by atoms with E-state index in [1.54, 1.807) is 23.5 Å². The number of thiophene rings is 1. The van der Waals surface area contributed by atoms with E-state index in [2.05, 4.69) is 22.9 Å². The van der Waals surface area contributed by atoms with Crippen LogP contribution in [0.25, 0.3) is 16.3 Å². The number of benzene rings is 1. The summed E-state index contributed by atoms with van der Waals surface area (Å²) in [4.78, 5) is 0.122. The van der Waals surface area contributed by atoms with Crippen molar-refractivity contribution in [1.29, 1.82) is 0 Å². The average molecular weight is 318 g/mol. The maximum atomic E-state index is 11.3. The van der Waals surface area contributed by atoms with Gasteiger partial charge >= 0.3 is 0 Å². The van der Waals surface area contributed by atoms with Crippen molar-refractivity contribution in [1.82, 2.24) is 4.57 Å². The molecule has 0 aliphatic carbocycles. The Kier molecular flexibility index (Phi) is 3.44. The van der Waals surface area contributed by atoms with Gasteiger partial charge in [0.2, 0.25) is 10.0 Å². The van der Waals surface area contributed by atoms with E-state index >= 15 is 0 Å². The molecule has 0 amide bonds. The molecule has 4 nitrogen and oxygen atoms in total. The molecule has 0 saturated heterocycles. The number of sulfonamides is 1. The Morgan fingerprint density at radius 1 is 1.14 bits per heavy atom. The Morgan fingerprint density at radius 3 is 2.43 bits per heavy atom. The highest BCUT2D eigenvalue weighted by molar-refractivity contribution is 7.89. The minimum absolute atomic E-state index is 0.122. The van der Waals surface area contributed by atoms with Crippen LogP contribution in [0.5, 0.6) is 0 Å². The second-order valence-electron chi connectivity index (χ2n) is 4.80. The summed E-state index contributed by atoms with van der Waals surface area (Å²) in [6.45, 7) is 2.06. The smallest absolute Gasteiger partial charge is 0.238 e. The Bertz CT molecular complexity index is 875. The quantitative estimate of drug-likeness (QED) is 0.806. The van der Waals surface area contributed by atoms with Gasteiger partial charge in [-0.2, -0.15) is 0 Å². The standard InChI is InChI=1S/C15H14N2O2S2/c1-11-9-15(20-10-11)17-8-2-3-14(17)12-4-6-13(7-5-12)21(16,18)19/h2-10H,1H3,(H2,16,18,19). The predicted molar refractivity (Wildman–Crippen MR) is 85.2 cm³/mol. The summed E-state index contributed by atoms with van der Waals surface area (Å²) < 4.78 is 24.7. The molecular formula is C15H14N2O2S2. The van der Waals surface area contributed by atoms with Gasteiger partial charge in [-0.25, -0.2) is 13.6 Å². The van der Waals surface area contributed by atoms with Crippen molar-refractivity contribution in [2.24, 2.45) is 5.14 Å². The maximum Gasteiger partial charge on any atom is 0.238 e. The monoisotopic (exact) mass is 318 g/mol. The van der Waals surface area contributed by atoms with Crippen LogP contribution >= 0.6 is 11.3 Å². The third kappa shape index (κ3) is 2.78. The fourth-order valence-electron chi connectivity index (χ4n) is 2.17. The molecule has 0 aliphatic heterocycles. The topological polar surface area (TPSA) is 65.1 Å². The first kappa shape index (κ1) is 14.1. The van der Waals surface area contributed by atoms with Crippen LogP contribution in [-0.4, -0.2) is 13.0 Å². The van der Waals surface area contributed by atoms with Crippen LogP contribution < -0.4 is 5.14 Å². The van der Waals surface area contributed by atoms with Crippen molar-refractivity contribution in [2.75, 3.05) is 0 Å². The number of nitrogens with two attached hydrogens (primary N) is 1. The molecular weight excluding hydrogens is 304 g/mol. The molecule has 0 bridgehead atoms. The lowest BCUT2D eigenvalue weighted by molar-refractivity contribution is 0.598. The van der Waals surface area contributed by atoms with E-state index in [0.29, 0.717) is 0 Å². The van der Waals surface area contributed by atoms with Crippen molar-refractivity contribution < 1.29 is 8.42 Å². The van der Waals surface area contributed by atoms with Crippen LogP contribution in [0.2, 0.25) is 0 Å². The van der Waals surface area contributed by atoms with Crippen molar-refractivity contribution in [2.45, 2.75) is 11.8 Å².